The summed E-state index contributed by atoms with van der Waals surface area (Å²) >= 11 is 0. The van der Waals surface area contributed by atoms with Gasteiger partial charge in [-0.15, -0.1) is 0 Å². The van der Waals surface area contributed by atoms with Crippen molar-refractivity contribution in [3.63, 3.8) is 0 Å². The second kappa shape index (κ2) is 9.35. The van der Waals surface area contributed by atoms with Crippen LogP contribution in [0, 0.1) is 11.8 Å². The van der Waals surface area contributed by atoms with E-state index < -0.39 is 11.5 Å². The summed E-state index contributed by atoms with van der Waals surface area (Å²) in [4.78, 5) is 12.0. The monoisotopic (exact) mass is 272 g/mol. The molecule has 1 N–H and O–H groups in total. The molecule has 0 saturated carbocycles. The number of unbranched alkanes of at least 4 members (excludes halogenated alkanes) is 4. The first-order valence-electron chi connectivity index (χ1n) is 7.75. The van der Waals surface area contributed by atoms with Crippen molar-refractivity contribution in [2.24, 2.45) is 11.8 Å². The van der Waals surface area contributed by atoms with Gasteiger partial charge in [0.2, 0.25) is 0 Å². The Morgan fingerprint density at radius 2 is 1.74 bits per heavy atom. The summed E-state index contributed by atoms with van der Waals surface area (Å²) in [5, 5.41) is 10.6. The van der Waals surface area contributed by atoms with Crippen LogP contribution in [0.5, 0.6) is 0 Å². The maximum Gasteiger partial charge on any atom is 0.312 e. The van der Waals surface area contributed by atoms with Gasteiger partial charge in [-0.05, 0) is 26.2 Å². The first-order chi connectivity index (χ1) is 8.86. The molecule has 114 valence electrons. The standard InChI is InChI=1S/C16H32O3/c1-6-8-9-10-11-12-16(5,18)14(13(3)4)15(17)19-7-2/h13-14,18H,6-12H2,1-5H3. The number of ether oxygens (including phenoxy) is 1. The van der Waals surface area contributed by atoms with Crippen molar-refractivity contribution in [3.8, 4) is 0 Å². The summed E-state index contributed by atoms with van der Waals surface area (Å²) in [7, 11) is 0. The SMILES string of the molecule is CCCCCCCC(C)(O)C(C(=O)OCC)C(C)C. The molecule has 0 aromatic rings. The van der Waals surface area contributed by atoms with Crippen molar-refractivity contribution in [1.29, 1.82) is 0 Å². The quantitative estimate of drug-likeness (QED) is 0.484. The van der Waals surface area contributed by atoms with E-state index in [-0.39, 0.29) is 11.9 Å². The number of hydrogen-bond donors (Lipinski definition) is 1. The molecular formula is C16H32O3. The summed E-state index contributed by atoms with van der Waals surface area (Å²) in [6.45, 7) is 10.1. The Bertz CT molecular complexity index is 246. The normalized spacial score (nSPS) is 16.2. The first kappa shape index (κ1) is 18.4. The summed E-state index contributed by atoms with van der Waals surface area (Å²) in [5.74, 6) is -0.612. The molecule has 3 heteroatoms. The van der Waals surface area contributed by atoms with Gasteiger partial charge in [0.15, 0.2) is 0 Å². The minimum absolute atomic E-state index is 0.0877. The molecule has 0 radical (unpaired) electrons. The van der Waals surface area contributed by atoms with E-state index in [1.165, 1.54) is 19.3 Å². The van der Waals surface area contributed by atoms with Gasteiger partial charge in [0.25, 0.3) is 0 Å². The van der Waals surface area contributed by atoms with Gasteiger partial charge in [-0.1, -0.05) is 52.9 Å². The second-order valence-electron chi connectivity index (χ2n) is 6.00. The highest BCUT2D eigenvalue weighted by molar-refractivity contribution is 5.74. The summed E-state index contributed by atoms with van der Waals surface area (Å²) in [6, 6.07) is 0. The van der Waals surface area contributed by atoms with Gasteiger partial charge in [0.1, 0.15) is 0 Å². The third kappa shape index (κ3) is 6.95. The van der Waals surface area contributed by atoms with Crippen LogP contribution < -0.4 is 0 Å². The molecule has 0 aliphatic carbocycles. The zero-order valence-corrected chi connectivity index (χ0v) is 13.4. The summed E-state index contributed by atoms with van der Waals surface area (Å²) < 4.78 is 5.10. The van der Waals surface area contributed by atoms with Gasteiger partial charge in [-0.3, -0.25) is 4.79 Å². The molecule has 2 unspecified atom stereocenters. The van der Waals surface area contributed by atoms with Gasteiger partial charge in [-0.2, -0.15) is 0 Å². The molecule has 3 nitrogen and oxygen atoms in total. The number of esters is 1. The van der Waals surface area contributed by atoms with Crippen molar-refractivity contribution in [2.45, 2.75) is 78.7 Å². The van der Waals surface area contributed by atoms with E-state index in [0.29, 0.717) is 13.0 Å². The lowest BCUT2D eigenvalue weighted by Crippen LogP contribution is -2.43. The fraction of sp³-hybridized carbons (Fsp3) is 0.938. The van der Waals surface area contributed by atoms with Crippen LogP contribution in [0.15, 0.2) is 0 Å². The Kier molecular flexibility index (Phi) is 9.07. The third-order valence-corrected chi connectivity index (χ3v) is 3.66. The Hall–Kier alpha value is -0.570. The van der Waals surface area contributed by atoms with E-state index in [1.54, 1.807) is 13.8 Å². The number of hydrogen-bond acceptors (Lipinski definition) is 3. The minimum atomic E-state index is -0.966. The van der Waals surface area contributed by atoms with Crippen LogP contribution in [0.3, 0.4) is 0 Å². The van der Waals surface area contributed by atoms with Gasteiger partial charge in [0, 0.05) is 0 Å². The average molecular weight is 272 g/mol. The highest BCUT2D eigenvalue weighted by atomic mass is 16.5. The van der Waals surface area contributed by atoms with Crippen molar-refractivity contribution < 1.29 is 14.6 Å². The van der Waals surface area contributed by atoms with E-state index in [9.17, 15) is 9.90 Å². The highest BCUT2D eigenvalue weighted by Crippen LogP contribution is 2.31. The number of rotatable bonds is 10. The zero-order chi connectivity index (χ0) is 14.9. The minimum Gasteiger partial charge on any atom is -0.466 e. The molecule has 0 bridgehead atoms. The number of carbonyl (C=O) groups excluding carboxylic acids is 1. The van der Waals surface area contributed by atoms with E-state index in [1.807, 2.05) is 13.8 Å². The predicted molar refractivity (Wildman–Crippen MR) is 79.0 cm³/mol. The molecule has 0 aromatic heterocycles. The average Bonchev–Trinajstić information content (AvgIpc) is 2.28. The summed E-state index contributed by atoms with van der Waals surface area (Å²) in [6.07, 6.45) is 6.42. The molecular weight excluding hydrogens is 240 g/mol. The van der Waals surface area contributed by atoms with Gasteiger partial charge >= 0.3 is 5.97 Å². The van der Waals surface area contributed by atoms with E-state index in [0.717, 1.165) is 12.8 Å². The lowest BCUT2D eigenvalue weighted by atomic mass is 9.78. The van der Waals surface area contributed by atoms with E-state index in [4.69, 9.17) is 4.74 Å². The molecule has 0 saturated heterocycles. The Morgan fingerprint density at radius 3 is 2.21 bits per heavy atom. The van der Waals surface area contributed by atoms with Gasteiger partial charge in [0.05, 0.1) is 18.1 Å². The van der Waals surface area contributed by atoms with Crippen LogP contribution in [0.2, 0.25) is 0 Å². The molecule has 19 heavy (non-hydrogen) atoms. The molecule has 0 fully saturated rings. The highest BCUT2D eigenvalue weighted by Gasteiger charge is 2.40. The van der Waals surface area contributed by atoms with E-state index in [2.05, 4.69) is 6.92 Å². The Balaban J connectivity index is 4.40. The summed E-state index contributed by atoms with van der Waals surface area (Å²) in [5.41, 5.74) is -0.966. The first-order valence-corrected chi connectivity index (χ1v) is 7.75. The zero-order valence-electron chi connectivity index (χ0n) is 13.4. The molecule has 0 heterocycles. The predicted octanol–water partition coefficient (Wildman–Crippen LogP) is 3.93. The lowest BCUT2D eigenvalue weighted by Gasteiger charge is -2.34. The molecule has 0 aliphatic rings. The van der Waals surface area contributed by atoms with Crippen molar-refractivity contribution in [2.75, 3.05) is 6.61 Å². The fourth-order valence-electron chi connectivity index (χ4n) is 2.72. The van der Waals surface area contributed by atoms with Crippen LogP contribution in [-0.2, 0) is 9.53 Å². The van der Waals surface area contributed by atoms with Crippen LogP contribution >= 0.6 is 0 Å². The molecule has 0 spiro atoms. The molecule has 0 amide bonds. The molecule has 0 rings (SSSR count). The topological polar surface area (TPSA) is 46.5 Å². The van der Waals surface area contributed by atoms with Gasteiger partial charge < -0.3 is 9.84 Å². The maximum atomic E-state index is 12.0. The molecule has 0 aromatic carbocycles. The largest absolute Gasteiger partial charge is 0.466 e. The van der Waals surface area contributed by atoms with Crippen LogP contribution in [0.25, 0.3) is 0 Å². The fourth-order valence-corrected chi connectivity index (χ4v) is 2.72. The maximum absolute atomic E-state index is 12.0. The smallest absolute Gasteiger partial charge is 0.312 e. The van der Waals surface area contributed by atoms with Crippen molar-refractivity contribution in [1.82, 2.24) is 0 Å². The molecule has 0 aliphatic heterocycles. The van der Waals surface area contributed by atoms with Gasteiger partial charge in [-0.25, -0.2) is 0 Å². The number of aliphatic hydroxyl groups is 1. The molecule has 2 atom stereocenters. The van der Waals surface area contributed by atoms with Crippen LogP contribution in [0.4, 0.5) is 0 Å². The Labute approximate surface area is 118 Å². The van der Waals surface area contributed by atoms with Crippen molar-refractivity contribution >= 4 is 5.97 Å². The third-order valence-electron chi connectivity index (χ3n) is 3.66. The lowest BCUT2D eigenvalue weighted by molar-refractivity contribution is -0.161. The van der Waals surface area contributed by atoms with E-state index >= 15 is 0 Å². The number of carbonyl (C=O) groups is 1. The van der Waals surface area contributed by atoms with Crippen molar-refractivity contribution in [3.05, 3.63) is 0 Å². The second-order valence-corrected chi connectivity index (χ2v) is 6.00. The van der Waals surface area contributed by atoms with Crippen LogP contribution in [-0.4, -0.2) is 23.3 Å². The Morgan fingerprint density at radius 1 is 1.16 bits per heavy atom. The van der Waals surface area contributed by atoms with Crippen LogP contribution in [0.1, 0.15) is 73.1 Å².